The Hall–Kier alpha value is -3.42. The average molecular weight is 401 g/mol. The van der Waals surface area contributed by atoms with E-state index >= 15 is 0 Å². The minimum Gasteiger partial charge on any atom is -0.0623 e. The fourth-order valence-electron chi connectivity index (χ4n) is 4.66. The van der Waals surface area contributed by atoms with Gasteiger partial charge in [0.05, 0.1) is 0 Å². The van der Waals surface area contributed by atoms with E-state index in [1.165, 1.54) is 37.1 Å². The zero-order chi connectivity index (χ0) is 20.4. The summed E-state index contributed by atoms with van der Waals surface area (Å²) in [6.07, 6.45) is 0. The van der Waals surface area contributed by atoms with E-state index in [4.69, 9.17) is 0 Å². The first-order valence-corrected chi connectivity index (χ1v) is 12.5. The molecular formula is C29H24Si. The highest BCUT2D eigenvalue weighted by Gasteiger charge is 2.41. The topological polar surface area (TPSA) is 0 Å². The van der Waals surface area contributed by atoms with Gasteiger partial charge in [0.2, 0.25) is 0 Å². The van der Waals surface area contributed by atoms with Crippen LogP contribution in [-0.2, 0) is 0 Å². The second-order valence-corrected chi connectivity index (χ2v) is 11.7. The maximum absolute atomic E-state index is 2.43. The van der Waals surface area contributed by atoms with Crippen molar-refractivity contribution in [1.82, 2.24) is 0 Å². The normalized spacial score (nSPS) is 11.5. The molecule has 0 spiro atoms. The predicted molar refractivity (Wildman–Crippen MR) is 132 cm³/mol. The van der Waals surface area contributed by atoms with Crippen LogP contribution in [0.2, 0.25) is 0 Å². The van der Waals surface area contributed by atoms with Crippen LogP contribution in [0.5, 0.6) is 0 Å². The van der Waals surface area contributed by atoms with Gasteiger partial charge in [0, 0.05) is 0 Å². The Labute approximate surface area is 179 Å². The number of hydrogen-bond acceptors (Lipinski definition) is 0. The van der Waals surface area contributed by atoms with Gasteiger partial charge in [0.25, 0.3) is 0 Å². The second-order valence-electron chi connectivity index (χ2n) is 7.91. The molecule has 0 fully saturated rings. The van der Waals surface area contributed by atoms with Crippen LogP contribution in [0.3, 0.4) is 0 Å². The zero-order valence-corrected chi connectivity index (χ0v) is 18.1. The molecule has 0 aliphatic heterocycles. The molecule has 0 saturated carbocycles. The summed E-state index contributed by atoms with van der Waals surface area (Å²) in [4.78, 5) is 0. The van der Waals surface area contributed by atoms with E-state index in [9.17, 15) is 0 Å². The van der Waals surface area contributed by atoms with Gasteiger partial charge in [-0.05, 0) is 38.4 Å². The molecule has 0 unspecified atom stereocenters. The molecule has 30 heavy (non-hydrogen) atoms. The molecule has 0 saturated heterocycles. The maximum Gasteiger partial charge on any atom is 0.179 e. The van der Waals surface area contributed by atoms with Gasteiger partial charge < -0.3 is 0 Å². The van der Waals surface area contributed by atoms with Crippen LogP contribution < -0.4 is 20.7 Å². The zero-order valence-electron chi connectivity index (χ0n) is 17.1. The smallest absolute Gasteiger partial charge is 0.0623 e. The standard InChI is InChI=1S/C29H24Si/c1-23-17-18-24-19-20-29(22-25(24)21-23)30(26-11-5-2-6-12-26,27-13-7-3-8-14-27)28-15-9-4-10-16-28/h2-22H,1H3. The molecule has 5 aromatic rings. The summed E-state index contributed by atoms with van der Waals surface area (Å²) < 4.78 is 0. The summed E-state index contributed by atoms with van der Waals surface area (Å²) in [6.45, 7) is 2.17. The molecule has 0 heterocycles. The van der Waals surface area contributed by atoms with Gasteiger partial charge in [0.15, 0.2) is 8.07 Å². The predicted octanol–water partition coefficient (Wildman–Crippen LogP) is 4.53. The fraction of sp³-hybridized carbons (Fsp3) is 0.0345. The summed E-state index contributed by atoms with van der Waals surface area (Å²) in [7, 11) is -2.43. The first kappa shape index (κ1) is 18.6. The Bertz CT molecular complexity index is 1180. The monoisotopic (exact) mass is 400 g/mol. The first-order valence-electron chi connectivity index (χ1n) is 10.5. The number of aryl methyl sites for hydroxylation is 1. The second kappa shape index (κ2) is 7.77. The summed E-state index contributed by atoms with van der Waals surface area (Å²) >= 11 is 0. The van der Waals surface area contributed by atoms with Crippen molar-refractivity contribution in [3.63, 3.8) is 0 Å². The lowest BCUT2D eigenvalue weighted by molar-refractivity contribution is 1.51. The largest absolute Gasteiger partial charge is 0.179 e. The highest BCUT2D eigenvalue weighted by molar-refractivity contribution is 7.19. The molecule has 0 bridgehead atoms. The van der Waals surface area contributed by atoms with E-state index in [1.807, 2.05) is 0 Å². The van der Waals surface area contributed by atoms with Gasteiger partial charge in [-0.1, -0.05) is 133 Å². The Morgan fingerprint density at radius 2 is 0.867 bits per heavy atom. The lowest BCUT2D eigenvalue weighted by atomic mass is 10.1. The van der Waals surface area contributed by atoms with Crippen molar-refractivity contribution in [2.45, 2.75) is 6.92 Å². The number of rotatable bonds is 4. The molecule has 1 heteroatoms. The van der Waals surface area contributed by atoms with E-state index < -0.39 is 8.07 Å². The third-order valence-corrected chi connectivity index (χ3v) is 10.8. The fourth-order valence-corrected chi connectivity index (χ4v) is 9.45. The molecule has 5 rings (SSSR count). The number of benzene rings is 5. The Kier molecular flexibility index (Phi) is 4.82. The van der Waals surface area contributed by atoms with Crippen molar-refractivity contribution >= 4 is 39.6 Å². The van der Waals surface area contributed by atoms with Crippen molar-refractivity contribution in [1.29, 1.82) is 0 Å². The first-order chi connectivity index (χ1) is 14.8. The lowest BCUT2D eigenvalue weighted by Crippen LogP contribution is -2.74. The van der Waals surface area contributed by atoms with Crippen LogP contribution in [0.1, 0.15) is 5.56 Å². The molecule has 0 nitrogen and oxygen atoms in total. The minimum absolute atomic E-state index is 1.29. The third kappa shape index (κ3) is 3.08. The summed E-state index contributed by atoms with van der Waals surface area (Å²) in [5, 5.41) is 8.26. The quantitative estimate of drug-likeness (QED) is 0.307. The number of fused-ring (bicyclic) bond motifs is 1. The van der Waals surface area contributed by atoms with Crippen molar-refractivity contribution < 1.29 is 0 Å². The van der Waals surface area contributed by atoms with Gasteiger partial charge in [-0.2, -0.15) is 0 Å². The summed E-state index contributed by atoms with van der Waals surface area (Å²) in [5.41, 5.74) is 1.30. The number of hydrogen-bond donors (Lipinski definition) is 0. The molecule has 0 N–H and O–H groups in total. The third-order valence-electron chi connectivity index (χ3n) is 6.05. The minimum atomic E-state index is -2.43. The highest BCUT2D eigenvalue weighted by atomic mass is 28.3. The Balaban J connectivity index is 1.91. The molecule has 0 atom stereocenters. The van der Waals surface area contributed by atoms with Gasteiger partial charge in [-0.3, -0.25) is 0 Å². The van der Waals surface area contributed by atoms with Crippen LogP contribution >= 0.6 is 0 Å². The molecule has 0 amide bonds. The van der Waals surface area contributed by atoms with E-state index in [0.29, 0.717) is 0 Å². The van der Waals surface area contributed by atoms with E-state index in [1.54, 1.807) is 0 Å². The van der Waals surface area contributed by atoms with E-state index in [2.05, 4.69) is 134 Å². The Morgan fingerprint density at radius 3 is 1.37 bits per heavy atom. The SMILES string of the molecule is Cc1ccc2ccc([Si](c3ccccc3)(c3ccccc3)c3ccccc3)cc2c1. The summed E-state index contributed by atoms with van der Waals surface area (Å²) in [6, 6.07) is 47.1. The van der Waals surface area contributed by atoms with E-state index in [-0.39, 0.29) is 0 Å². The van der Waals surface area contributed by atoms with Crippen LogP contribution in [0.25, 0.3) is 10.8 Å². The molecular weight excluding hydrogens is 376 g/mol. The molecule has 5 aromatic carbocycles. The molecule has 0 radical (unpaired) electrons. The van der Waals surface area contributed by atoms with Crippen LogP contribution in [0.4, 0.5) is 0 Å². The van der Waals surface area contributed by atoms with Gasteiger partial charge in [-0.15, -0.1) is 0 Å². The van der Waals surface area contributed by atoms with Crippen molar-refractivity contribution in [3.05, 3.63) is 133 Å². The molecule has 0 aromatic heterocycles. The van der Waals surface area contributed by atoms with Gasteiger partial charge in [-0.25, -0.2) is 0 Å². The van der Waals surface area contributed by atoms with E-state index in [0.717, 1.165) is 0 Å². The van der Waals surface area contributed by atoms with Crippen LogP contribution in [-0.4, -0.2) is 8.07 Å². The van der Waals surface area contributed by atoms with Gasteiger partial charge >= 0.3 is 0 Å². The van der Waals surface area contributed by atoms with Crippen molar-refractivity contribution in [2.24, 2.45) is 0 Å². The highest BCUT2D eigenvalue weighted by Crippen LogP contribution is 2.17. The molecule has 0 aliphatic carbocycles. The maximum atomic E-state index is 2.43. The Morgan fingerprint density at radius 1 is 0.400 bits per heavy atom. The molecule has 0 aliphatic rings. The van der Waals surface area contributed by atoms with Crippen molar-refractivity contribution in [2.75, 3.05) is 0 Å². The van der Waals surface area contributed by atoms with Crippen LogP contribution in [0.15, 0.2) is 127 Å². The van der Waals surface area contributed by atoms with Crippen LogP contribution in [0, 0.1) is 6.92 Å². The lowest BCUT2D eigenvalue weighted by Gasteiger charge is -2.34. The molecule has 144 valence electrons. The average Bonchev–Trinajstić information content (AvgIpc) is 2.81. The summed E-state index contributed by atoms with van der Waals surface area (Å²) in [5.74, 6) is 0. The van der Waals surface area contributed by atoms with Gasteiger partial charge in [0.1, 0.15) is 0 Å². The van der Waals surface area contributed by atoms with Crippen molar-refractivity contribution in [3.8, 4) is 0 Å².